The summed E-state index contributed by atoms with van der Waals surface area (Å²) in [5, 5.41) is 4.08. The molecule has 0 amide bonds. The van der Waals surface area contributed by atoms with Gasteiger partial charge in [0.2, 0.25) is 0 Å². The van der Waals surface area contributed by atoms with Crippen molar-refractivity contribution in [2.75, 3.05) is 13.7 Å². The number of hydrogen-bond donors (Lipinski definition) is 0. The van der Waals surface area contributed by atoms with Gasteiger partial charge in [0.1, 0.15) is 37.5 Å². The summed E-state index contributed by atoms with van der Waals surface area (Å²) in [6.07, 6.45) is 2.25. The lowest BCUT2D eigenvalue weighted by Gasteiger charge is -2.10. The summed E-state index contributed by atoms with van der Waals surface area (Å²) in [5.41, 5.74) is 4.15. The maximum absolute atomic E-state index is 5.88. The summed E-state index contributed by atoms with van der Waals surface area (Å²) in [5.74, 6) is 1.66. The van der Waals surface area contributed by atoms with Crippen LogP contribution in [0, 0.1) is 0 Å². The molecule has 3 rings (SSSR count). The minimum atomic E-state index is 0.331. The number of rotatable bonds is 10. The van der Waals surface area contributed by atoms with Crippen LogP contribution in [0.4, 0.5) is 0 Å². The molecule has 0 atom stereocenters. The topological polar surface area (TPSA) is 40.0 Å². The lowest BCUT2D eigenvalue weighted by molar-refractivity contribution is 0.210. The maximum Gasteiger partial charge on any atom is 0.134 e. The Morgan fingerprint density at radius 2 is 1.38 bits per heavy atom. The van der Waals surface area contributed by atoms with Crippen molar-refractivity contribution in [2.24, 2.45) is 5.16 Å². The molecule has 29 heavy (non-hydrogen) atoms. The van der Waals surface area contributed by atoms with Crippen LogP contribution in [0.25, 0.3) is 0 Å². The fourth-order valence-electron chi connectivity index (χ4n) is 2.94. The van der Waals surface area contributed by atoms with E-state index >= 15 is 0 Å². The molecule has 0 bridgehead atoms. The molecule has 0 N–H and O–H groups in total. The number of oxime groups is 1. The quantitative estimate of drug-likeness (QED) is 0.332. The molecule has 0 radical (unpaired) electrons. The second kappa shape index (κ2) is 10.9. The van der Waals surface area contributed by atoms with Crippen LogP contribution in [0.3, 0.4) is 0 Å². The fraction of sp³-hybridized carbons (Fsp3) is 0.240. The van der Waals surface area contributed by atoms with Gasteiger partial charge < -0.3 is 14.3 Å². The third-order valence-corrected chi connectivity index (χ3v) is 4.47. The largest absolute Gasteiger partial charge is 0.489 e. The first-order chi connectivity index (χ1) is 14.3. The fourth-order valence-corrected chi connectivity index (χ4v) is 2.94. The molecule has 0 aliphatic carbocycles. The Hall–Kier alpha value is -3.27. The molecular weight excluding hydrogens is 362 g/mol. The standard InChI is InChI=1S/C25H27NO3/c1-3-7-20-10-14-23(15-11-20)28-18-21-12-16-24(17-13-21)29-19-25(26-27-2)22-8-5-4-6-9-22/h4-6,8-17H,3,7,18-19H2,1-2H3/b26-25+. The predicted molar refractivity (Wildman–Crippen MR) is 117 cm³/mol. The highest BCUT2D eigenvalue weighted by atomic mass is 16.6. The molecule has 0 aliphatic rings. The highest BCUT2D eigenvalue weighted by Crippen LogP contribution is 2.17. The van der Waals surface area contributed by atoms with Crippen molar-refractivity contribution in [3.05, 3.63) is 95.6 Å². The molecule has 4 nitrogen and oxygen atoms in total. The van der Waals surface area contributed by atoms with Crippen LogP contribution in [-0.4, -0.2) is 19.4 Å². The van der Waals surface area contributed by atoms with Gasteiger partial charge in [-0.2, -0.15) is 0 Å². The number of benzene rings is 3. The second-order valence-electron chi connectivity index (χ2n) is 6.70. The maximum atomic E-state index is 5.88. The van der Waals surface area contributed by atoms with E-state index in [1.165, 1.54) is 12.7 Å². The zero-order valence-corrected chi connectivity index (χ0v) is 17.0. The molecule has 3 aromatic carbocycles. The van der Waals surface area contributed by atoms with Gasteiger partial charge in [0.25, 0.3) is 0 Å². The molecule has 0 saturated heterocycles. The molecule has 0 spiro atoms. The highest BCUT2D eigenvalue weighted by molar-refractivity contribution is 6.01. The Morgan fingerprint density at radius 1 is 0.759 bits per heavy atom. The zero-order chi connectivity index (χ0) is 20.3. The van der Waals surface area contributed by atoms with E-state index in [2.05, 4.69) is 24.2 Å². The van der Waals surface area contributed by atoms with Crippen LogP contribution < -0.4 is 9.47 Å². The molecule has 0 aromatic heterocycles. The first-order valence-electron chi connectivity index (χ1n) is 9.87. The highest BCUT2D eigenvalue weighted by Gasteiger charge is 2.06. The average molecular weight is 389 g/mol. The lowest BCUT2D eigenvalue weighted by Crippen LogP contribution is -2.13. The number of nitrogens with zero attached hydrogens (tertiary/aromatic N) is 1. The van der Waals surface area contributed by atoms with Crippen molar-refractivity contribution in [1.82, 2.24) is 0 Å². The smallest absolute Gasteiger partial charge is 0.134 e. The third kappa shape index (κ3) is 6.39. The van der Waals surface area contributed by atoms with E-state index in [0.717, 1.165) is 41.2 Å². The van der Waals surface area contributed by atoms with E-state index in [1.54, 1.807) is 0 Å². The molecule has 0 fully saturated rings. The first-order valence-corrected chi connectivity index (χ1v) is 9.87. The number of hydrogen-bond acceptors (Lipinski definition) is 4. The van der Waals surface area contributed by atoms with E-state index in [1.807, 2.05) is 66.7 Å². The van der Waals surface area contributed by atoms with E-state index in [0.29, 0.717) is 13.2 Å². The summed E-state index contributed by atoms with van der Waals surface area (Å²) < 4.78 is 11.8. The van der Waals surface area contributed by atoms with Crippen molar-refractivity contribution in [3.8, 4) is 11.5 Å². The summed E-state index contributed by atoms with van der Waals surface area (Å²) >= 11 is 0. The Kier molecular flexibility index (Phi) is 7.70. The van der Waals surface area contributed by atoms with Gasteiger partial charge in [-0.25, -0.2) is 0 Å². The van der Waals surface area contributed by atoms with Crippen molar-refractivity contribution in [2.45, 2.75) is 26.4 Å². The van der Waals surface area contributed by atoms with Gasteiger partial charge in [0, 0.05) is 5.56 Å². The molecule has 0 heterocycles. The predicted octanol–water partition coefficient (Wildman–Crippen LogP) is 5.65. The van der Waals surface area contributed by atoms with E-state index in [4.69, 9.17) is 14.3 Å². The molecule has 0 aliphatic heterocycles. The van der Waals surface area contributed by atoms with Gasteiger partial charge in [0.15, 0.2) is 0 Å². The third-order valence-electron chi connectivity index (χ3n) is 4.47. The van der Waals surface area contributed by atoms with Crippen LogP contribution in [0.1, 0.15) is 30.0 Å². The molecule has 0 unspecified atom stereocenters. The molecule has 0 saturated carbocycles. The molecule has 3 aromatic rings. The normalized spacial score (nSPS) is 11.2. The van der Waals surface area contributed by atoms with Gasteiger partial charge in [-0.1, -0.05) is 73.1 Å². The number of aryl methyl sites for hydroxylation is 1. The van der Waals surface area contributed by atoms with Crippen LogP contribution in [-0.2, 0) is 17.9 Å². The second-order valence-corrected chi connectivity index (χ2v) is 6.70. The minimum absolute atomic E-state index is 0.331. The van der Waals surface area contributed by atoms with Crippen molar-refractivity contribution in [1.29, 1.82) is 0 Å². The Labute approximate surface area is 172 Å². The van der Waals surface area contributed by atoms with Crippen molar-refractivity contribution >= 4 is 5.71 Å². The van der Waals surface area contributed by atoms with E-state index < -0.39 is 0 Å². The van der Waals surface area contributed by atoms with Crippen LogP contribution >= 0.6 is 0 Å². The first kappa shape index (κ1) is 20.5. The Bertz CT molecular complexity index is 888. The van der Waals surface area contributed by atoms with Crippen LogP contribution in [0.15, 0.2) is 84.0 Å². The minimum Gasteiger partial charge on any atom is -0.489 e. The van der Waals surface area contributed by atoms with Crippen LogP contribution in [0.2, 0.25) is 0 Å². The Morgan fingerprint density at radius 3 is 2.00 bits per heavy atom. The molecule has 150 valence electrons. The SMILES string of the molecule is CCCc1ccc(OCc2ccc(OC/C(=N\OC)c3ccccc3)cc2)cc1. The lowest BCUT2D eigenvalue weighted by atomic mass is 10.1. The van der Waals surface area contributed by atoms with E-state index in [9.17, 15) is 0 Å². The summed E-state index contributed by atoms with van der Waals surface area (Å²) in [6, 6.07) is 26.1. The Balaban J connectivity index is 1.52. The van der Waals surface area contributed by atoms with Gasteiger partial charge in [-0.3, -0.25) is 0 Å². The average Bonchev–Trinajstić information content (AvgIpc) is 2.78. The summed E-state index contributed by atoms with van der Waals surface area (Å²) in [4.78, 5) is 4.95. The zero-order valence-electron chi connectivity index (χ0n) is 17.0. The van der Waals surface area contributed by atoms with Crippen LogP contribution in [0.5, 0.6) is 11.5 Å². The summed E-state index contributed by atoms with van der Waals surface area (Å²) in [6.45, 7) is 3.04. The van der Waals surface area contributed by atoms with Gasteiger partial charge >= 0.3 is 0 Å². The van der Waals surface area contributed by atoms with Crippen molar-refractivity contribution < 1.29 is 14.3 Å². The van der Waals surface area contributed by atoms with E-state index in [-0.39, 0.29) is 0 Å². The summed E-state index contributed by atoms with van der Waals surface area (Å²) in [7, 11) is 1.54. The van der Waals surface area contributed by atoms with Gasteiger partial charge in [0.05, 0.1) is 0 Å². The molecule has 4 heteroatoms. The monoisotopic (exact) mass is 389 g/mol. The van der Waals surface area contributed by atoms with Gasteiger partial charge in [-0.05, 0) is 41.8 Å². The van der Waals surface area contributed by atoms with Crippen molar-refractivity contribution in [3.63, 3.8) is 0 Å². The molecular formula is C25H27NO3. The van der Waals surface area contributed by atoms with Gasteiger partial charge in [-0.15, -0.1) is 0 Å². The number of ether oxygens (including phenoxy) is 2.